The number of benzene rings is 2. The molecule has 152 valence electrons. The zero-order valence-corrected chi connectivity index (χ0v) is 16.9. The maximum Gasteiger partial charge on any atom is 0.264 e. The summed E-state index contributed by atoms with van der Waals surface area (Å²) in [5.74, 6) is 0.176. The standard InChI is InChI=1S/C22H19N3O4S/c1-15-12-16-6-4-10-20(21(16)23-13-15)30(27,28)25-19-9-3-2-8-18(19)22(26)24-14-17-7-5-11-29-17/h2-13,25H,14H2,1H3,(H,24,26). The van der Waals surface area contributed by atoms with Gasteiger partial charge in [-0.3, -0.25) is 14.5 Å². The molecule has 30 heavy (non-hydrogen) atoms. The number of fused-ring (bicyclic) bond motifs is 1. The molecule has 0 atom stereocenters. The molecule has 4 rings (SSSR count). The Hall–Kier alpha value is -3.65. The average molecular weight is 421 g/mol. The summed E-state index contributed by atoms with van der Waals surface area (Å²) < 4.78 is 34.0. The van der Waals surface area contributed by atoms with Crippen molar-refractivity contribution in [2.75, 3.05) is 4.72 Å². The van der Waals surface area contributed by atoms with Crippen LogP contribution in [0.5, 0.6) is 0 Å². The minimum atomic E-state index is -3.98. The highest BCUT2D eigenvalue weighted by Crippen LogP contribution is 2.25. The zero-order chi connectivity index (χ0) is 21.1. The lowest BCUT2D eigenvalue weighted by Gasteiger charge is -2.13. The van der Waals surface area contributed by atoms with Gasteiger partial charge >= 0.3 is 0 Å². The lowest BCUT2D eigenvalue weighted by molar-refractivity contribution is 0.0949. The van der Waals surface area contributed by atoms with Gasteiger partial charge in [-0.1, -0.05) is 24.3 Å². The lowest BCUT2D eigenvalue weighted by Crippen LogP contribution is -2.24. The second-order valence-electron chi connectivity index (χ2n) is 6.75. The molecule has 4 aromatic rings. The van der Waals surface area contributed by atoms with Crippen LogP contribution in [0.25, 0.3) is 10.9 Å². The molecule has 0 saturated heterocycles. The molecular weight excluding hydrogens is 402 g/mol. The Labute approximate surface area is 173 Å². The summed E-state index contributed by atoms with van der Waals surface area (Å²) in [5.41, 5.74) is 1.69. The first kappa shape index (κ1) is 19.7. The van der Waals surface area contributed by atoms with Crippen LogP contribution in [-0.4, -0.2) is 19.3 Å². The highest BCUT2D eigenvalue weighted by atomic mass is 32.2. The van der Waals surface area contributed by atoms with Gasteiger partial charge in [-0.2, -0.15) is 0 Å². The van der Waals surface area contributed by atoms with Crippen LogP contribution in [0.2, 0.25) is 0 Å². The van der Waals surface area contributed by atoms with Crippen molar-refractivity contribution in [1.29, 1.82) is 0 Å². The van der Waals surface area contributed by atoms with Gasteiger partial charge < -0.3 is 9.73 Å². The van der Waals surface area contributed by atoms with Crippen molar-refractivity contribution in [2.24, 2.45) is 0 Å². The van der Waals surface area contributed by atoms with Crippen LogP contribution in [0.3, 0.4) is 0 Å². The van der Waals surface area contributed by atoms with Crippen LogP contribution in [0.4, 0.5) is 5.69 Å². The van der Waals surface area contributed by atoms with Crippen molar-refractivity contribution in [3.8, 4) is 0 Å². The number of para-hydroxylation sites is 2. The molecule has 0 bridgehead atoms. The molecule has 0 aliphatic heterocycles. The fourth-order valence-corrected chi connectivity index (χ4v) is 4.37. The maximum absolute atomic E-state index is 13.1. The Morgan fingerprint density at radius 3 is 2.70 bits per heavy atom. The van der Waals surface area contributed by atoms with E-state index in [1.165, 1.54) is 12.3 Å². The van der Waals surface area contributed by atoms with Gasteiger partial charge in [0, 0.05) is 11.6 Å². The van der Waals surface area contributed by atoms with Crippen LogP contribution in [0.1, 0.15) is 21.7 Å². The summed E-state index contributed by atoms with van der Waals surface area (Å²) in [5, 5.41) is 3.45. The summed E-state index contributed by atoms with van der Waals surface area (Å²) in [7, 11) is -3.98. The van der Waals surface area contributed by atoms with E-state index in [1.807, 2.05) is 19.1 Å². The minimum absolute atomic E-state index is 0.0470. The zero-order valence-electron chi connectivity index (χ0n) is 16.1. The van der Waals surface area contributed by atoms with Crippen LogP contribution < -0.4 is 10.0 Å². The number of pyridine rings is 1. The average Bonchev–Trinajstić information content (AvgIpc) is 3.25. The van der Waals surface area contributed by atoms with Crippen LogP contribution in [0, 0.1) is 6.92 Å². The SMILES string of the molecule is Cc1cnc2c(S(=O)(=O)Nc3ccccc3C(=O)NCc3ccco3)cccc2c1. The molecular formula is C22H19N3O4S. The van der Waals surface area contributed by atoms with Crippen LogP contribution in [0.15, 0.2) is 82.4 Å². The van der Waals surface area contributed by atoms with Gasteiger partial charge in [0.1, 0.15) is 10.7 Å². The third-order valence-electron chi connectivity index (χ3n) is 4.52. The minimum Gasteiger partial charge on any atom is -0.467 e. The second-order valence-corrected chi connectivity index (χ2v) is 8.40. The Morgan fingerprint density at radius 2 is 1.90 bits per heavy atom. The quantitative estimate of drug-likeness (QED) is 0.492. The van der Waals surface area contributed by atoms with Crippen molar-refractivity contribution in [1.82, 2.24) is 10.3 Å². The number of hydrogen-bond donors (Lipinski definition) is 2. The number of aromatic nitrogens is 1. The molecule has 7 nitrogen and oxygen atoms in total. The van der Waals surface area contributed by atoms with E-state index in [9.17, 15) is 13.2 Å². The van der Waals surface area contributed by atoms with E-state index in [4.69, 9.17) is 4.42 Å². The van der Waals surface area contributed by atoms with Crippen molar-refractivity contribution < 1.29 is 17.6 Å². The van der Waals surface area contributed by atoms with Crippen molar-refractivity contribution in [3.63, 3.8) is 0 Å². The molecule has 8 heteroatoms. The van der Waals surface area contributed by atoms with Crippen LogP contribution in [-0.2, 0) is 16.6 Å². The first-order chi connectivity index (χ1) is 14.4. The van der Waals surface area contributed by atoms with Crippen molar-refractivity contribution in [3.05, 3.63) is 90.0 Å². The van der Waals surface area contributed by atoms with E-state index in [-0.39, 0.29) is 22.7 Å². The van der Waals surface area contributed by atoms with Gasteiger partial charge in [-0.05, 0) is 48.9 Å². The first-order valence-corrected chi connectivity index (χ1v) is 10.7. The Morgan fingerprint density at radius 1 is 1.07 bits per heavy atom. The van der Waals surface area contributed by atoms with Crippen LogP contribution >= 0.6 is 0 Å². The van der Waals surface area contributed by atoms with Crippen molar-refractivity contribution in [2.45, 2.75) is 18.4 Å². The fraction of sp³-hybridized carbons (Fsp3) is 0.0909. The molecule has 2 N–H and O–H groups in total. The first-order valence-electron chi connectivity index (χ1n) is 9.22. The summed E-state index contributed by atoms with van der Waals surface area (Å²) in [6.45, 7) is 2.09. The van der Waals surface area contributed by atoms with Gasteiger partial charge in [-0.25, -0.2) is 8.42 Å². The molecule has 1 amide bonds. The Bertz CT molecular complexity index is 1320. The van der Waals surface area contributed by atoms with Gasteiger partial charge in [0.15, 0.2) is 0 Å². The molecule has 2 aromatic heterocycles. The number of rotatable bonds is 6. The molecule has 0 fully saturated rings. The second kappa shape index (κ2) is 8.00. The third-order valence-corrected chi connectivity index (χ3v) is 5.92. The topological polar surface area (TPSA) is 101 Å². The predicted molar refractivity (Wildman–Crippen MR) is 114 cm³/mol. The number of nitrogens with one attached hydrogen (secondary N) is 2. The predicted octanol–water partition coefficient (Wildman–Crippen LogP) is 3.87. The molecule has 0 radical (unpaired) electrons. The molecule has 0 spiro atoms. The summed E-state index contributed by atoms with van der Waals surface area (Å²) in [6.07, 6.45) is 3.14. The van der Waals surface area contributed by atoms with Crippen molar-refractivity contribution >= 4 is 32.5 Å². The highest BCUT2D eigenvalue weighted by Gasteiger charge is 2.21. The van der Waals surface area contributed by atoms with E-state index >= 15 is 0 Å². The Balaban J connectivity index is 1.64. The maximum atomic E-state index is 13.1. The summed E-state index contributed by atoms with van der Waals surface area (Å²) in [6, 6.07) is 16.7. The lowest BCUT2D eigenvalue weighted by atomic mass is 10.1. The molecule has 0 aliphatic rings. The molecule has 2 heterocycles. The Kier molecular flexibility index (Phi) is 5.24. The number of sulfonamides is 1. The summed E-state index contributed by atoms with van der Waals surface area (Å²) in [4.78, 5) is 17.0. The normalized spacial score (nSPS) is 11.4. The van der Waals surface area contributed by atoms with E-state index in [2.05, 4.69) is 15.0 Å². The fourth-order valence-electron chi connectivity index (χ4n) is 3.11. The number of carbonyl (C=O) groups excluding carboxylic acids is 1. The van der Waals surface area contributed by atoms with E-state index in [1.54, 1.807) is 48.7 Å². The number of amides is 1. The third kappa shape index (κ3) is 4.04. The van der Waals surface area contributed by atoms with Gasteiger partial charge in [0.25, 0.3) is 15.9 Å². The largest absolute Gasteiger partial charge is 0.467 e. The number of aryl methyl sites for hydroxylation is 1. The number of carbonyl (C=O) groups is 1. The number of furan rings is 1. The van der Waals surface area contributed by atoms with E-state index in [0.717, 1.165) is 10.9 Å². The number of anilines is 1. The molecule has 0 aliphatic carbocycles. The molecule has 0 saturated carbocycles. The highest BCUT2D eigenvalue weighted by molar-refractivity contribution is 7.93. The smallest absolute Gasteiger partial charge is 0.264 e. The van der Waals surface area contributed by atoms with Gasteiger partial charge in [0.2, 0.25) is 0 Å². The van der Waals surface area contributed by atoms with E-state index in [0.29, 0.717) is 11.3 Å². The van der Waals surface area contributed by atoms with E-state index < -0.39 is 15.9 Å². The molecule has 0 unspecified atom stereocenters. The monoisotopic (exact) mass is 421 g/mol. The number of nitrogens with zero attached hydrogens (tertiary/aromatic N) is 1. The number of hydrogen-bond acceptors (Lipinski definition) is 5. The van der Waals surface area contributed by atoms with Gasteiger partial charge in [0.05, 0.1) is 29.6 Å². The molecule has 2 aromatic carbocycles. The summed E-state index contributed by atoms with van der Waals surface area (Å²) >= 11 is 0. The van der Waals surface area contributed by atoms with Gasteiger partial charge in [-0.15, -0.1) is 0 Å².